The smallest absolute Gasteiger partial charge is 0.116 e. The highest BCUT2D eigenvalue weighted by Gasteiger charge is 2.24. The van der Waals surface area contributed by atoms with Crippen LogP contribution in [-0.4, -0.2) is 23.7 Å². The number of allylic oxidation sites excluding steroid dienone is 7. The van der Waals surface area contributed by atoms with E-state index in [0.717, 1.165) is 29.7 Å². The number of nitrogens with one attached hydrogen (secondary N) is 1. The lowest BCUT2D eigenvalue weighted by Gasteiger charge is -2.30. The van der Waals surface area contributed by atoms with E-state index in [-0.39, 0.29) is 5.82 Å². The molecule has 2 rings (SSSR count). The molecule has 0 amide bonds. The molecule has 2 aliphatic carbocycles. The van der Waals surface area contributed by atoms with Gasteiger partial charge >= 0.3 is 0 Å². The largest absolute Gasteiger partial charge is 0.391 e. The predicted molar refractivity (Wildman–Crippen MR) is 152 cm³/mol. The Bertz CT molecular complexity index is 778. The first-order valence-electron chi connectivity index (χ1n) is 12.9. The summed E-state index contributed by atoms with van der Waals surface area (Å²) in [6.45, 7) is 13.7. The number of unbranched alkanes of at least 4 members (excludes halogenated alkanes) is 1. The quantitative estimate of drug-likeness (QED) is 0.217. The van der Waals surface area contributed by atoms with E-state index in [9.17, 15) is 0 Å². The Morgan fingerprint density at radius 1 is 1.15 bits per heavy atom. The number of nitrogens with two attached hydrogens (primary N) is 1. The second-order valence-corrected chi connectivity index (χ2v) is 9.38. The van der Waals surface area contributed by atoms with Crippen LogP contribution in [0, 0.1) is 5.92 Å². The normalized spacial score (nSPS) is 18.4. The number of nitrogens with zero attached hydrogens (tertiary/aromatic N) is 2. The van der Waals surface area contributed by atoms with Gasteiger partial charge in [0, 0.05) is 24.4 Å². The summed E-state index contributed by atoms with van der Waals surface area (Å²) < 4.78 is 0. The van der Waals surface area contributed by atoms with Crippen LogP contribution in [0.25, 0.3) is 0 Å². The number of rotatable bonds is 12. The first kappa shape index (κ1) is 29.8. The maximum absolute atomic E-state index is 6.23. The Hall–Kier alpha value is -2.20. The van der Waals surface area contributed by atoms with E-state index in [1.54, 1.807) is 12.2 Å². The molecule has 0 atom stereocenters. The van der Waals surface area contributed by atoms with Gasteiger partial charge in [-0.15, -0.1) is 0 Å². The Balaban J connectivity index is 0.000000350. The molecule has 0 heterocycles. The average molecular weight is 487 g/mol. The van der Waals surface area contributed by atoms with Gasteiger partial charge in [-0.25, -0.2) is 4.99 Å². The number of halogens is 1. The average Bonchev–Trinajstić information content (AvgIpc) is 3.67. The van der Waals surface area contributed by atoms with Crippen LogP contribution in [0.3, 0.4) is 0 Å². The van der Waals surface area contributed by atoms with Crippen molar-refractivity contribution < 1.29 is 0 Å². The van der Waals surface area contributed by atoms with E-state index in [4.69, 9.17) is 17.3 Å². The summed E-state index contributed by atoms with van der Waals surface area (Å²) in [6, 6.07) is 0.753. The van der Waals surface area contributed by atoms with Gasteiger partial charge in [0.15, 0.2) is 0 Å². The minimum absolute atomic E-state index is 0.233. The third-order valence-electron chi connectivity index (χ3n) is 6.06. The fourth-order valence-corrected chi connectivity index (χ4v) is 4.19. The molecule has 34 heavy (non-hydrogen) atoms. The van der Waals surface area contributed by atoms with Crippen molar-refractivity contribution in [3.8, 4) is 0 Å². The fraction of sp³-hybridized carbons (Fsp3) is 0.552. The van der Waals surface area contributed by atoms with Crippen molar-refractivity contribution in [2.75, 3.05) is 7.05 Å². The third-order valence-corrected chi connectivity index (χ3v) is 6.46. The van der Waals surface area contributed by atoms with Crippen LogP contribution in [0.15, 0.2) is 77.0 Å². The summed E-state index contributed by atoms with van der Waals surface area (Å²) in [4.78, 5) is 6.66. The van der Waals surface area contributed by atoms with Crippen LogP contribution in [0.5, 0.6) is 0 Å². The van der Waals surface area contributed by atoms with Gasteiger partial charge in [0.05, 0.1) is 10.7 Å². The van der Waals surface area contributed by atoms with E-state index in [1.165, 1.54) is 57.8 Å². The van der Waals surface area contributed by atoms with Gasteiger partial charge in [-0.05, 0) is 70.7 Å². The van der Waals surface area contributed by atoms with Gasteiger partial charge in [-0.2, -0.15) is 0 Å². The zero-order valence-corrected chi connectivity index (χ0v) is 22.7. The molecule has 2 aliphatic rings. The summed E-state index contributed by atoms with van der Waals surface area (Å²) >= 11 is 6.23. The molecule has 0 aromatic carbocycles. The SMILES string of the molecule is C/C=C\N(/C=C\CCC)C1CCCCC1.C=CC(/C(=N/C(=C)N)C(/Cl)=C\C)=C(/CC1CC1)NC. The minimum Gasteiger partial charge on any atom is -0.391 e. The predicted octanol–water partition coefficient (Wildman–Crippen LogP) is 7.93. The monoisotopic (exact) mass is 486 g/mol. The van der Waals surface area contributed by atoms with Crippen molar-refractivity contribution in [2.45, 2.75) is 91.0 Å². The molecule has 4 nitrogen and oxygen atoms in total. The van der Waals surface area contributed by atoms with Crippen LogP contribution >= 0.6 is 11.6 Å². The van der Waals surface area contributed by atoms with E-state index >= 15 is 0 Å². The molecule has 0 saturated heterocycles. The van der Waals surface area contributed by atoms with Crippen LogP contribution < -0.4 is 11.1 Å². The van der Waals surface area contributed by atoms with Crippen molar-refractivity contribution in [2.24, 2.45) is 16.6 Å². The van der Waals surface area contributed by atoms with E-state index in [2.05, 4.69) is 66.8 Å². The van der Waals surface area contributed by atoms with E-state index in [1.807, 2.05) is 14.0 Å². The maximum atomic E-state index is 6.23. The lowest BCUT2D eigenvalue weighted by molar-refractivity contribution is 0.276. The highest BCUT2D eigenvalue weighted by atomic mass is 35.5. The highest BCUT2D eigenvalue weighted by molar-refractivity contribution is 6.46. The molecule has 0 aromatic rings. The molecular formula is C29H47ClN4. The molecule has 3 N–H and O–H groups in total. The van der Waals surface area contributed by atoms with Crippen LogP contribution in [0.4, 0.5) is 0 Å². The molecule has 0 bridgehead atoms. The summed E-state index contributed by atoms with van der Waals surface area (Å²) in [5, 5.41) is 3.77. The van der Waals surface area contributed by atoms with Crippen LogP contribution in [-0.2, 0) is 0 Å². The molecule has 2 saturated carbocycles. The summed E-state index contributed by atoms with van der Waals surface area (Å²) in [6.07, 6.45) is 25.4. The Morgan fingerprint density at radius 2 is 1.82 bits per heavy atom. The molecule has 0 spiro atoms. The van der Waals surface area contributed by atoms with Crippen molar-refractivity contribution in [1.82, 2.24) is 10.2 Å². The molecule has 2 fully saturated rings. The van der Waals surface area contributed by atoms with Gasteiger partial charge in [0.1, 0.15) is 5.82 Å². The standard InChI is InChI=1S/C15H22ClN3.C14H25N/c1-5-12(14(18-4)9-11-7-8-11)15(13(16)6-2)19-10(3)17;1-3-5-9-13-15(12-4-2)14-10-7-6-8-11-14/h5-6,11,18H,1,3,7-9,17H2,2,4H3;4,9,12-14H,3,5-8,10-11H2,1-2H3/b13-6+,14-12+,19-15-;12-4-,13-9-. The van der Waals surface area contributed by atoms with Gasteiger partial charge in [-0.1, -0.05) is 81.7 Å². The Labute approximate surface area is 214 Å². The molecule has 0 aliphatic heterocycles. The Morgan fingerprint density at radius 3 is 2.29 bits per heavy atom. The van der Waals surface area contributed by atoms with Crippen LogP contribution in [0.1, 0.15) is 85.0 Å². The van der Waals surface area contributed by atoms with E-state index in [0.29, 0.717) is 10.7 Å². The number of hydrogen-bond acceptors (Lipinski definition) is 4. The molecule has 0 aromatic heterocycles. The zero-order chi connectivity index (χ0) is 25.3. The Kier molecular flexibility index (Phi) is 15.1. The van der Waals surface area contributed by atoms with Crippen molar-refractivity contribution in [1.29, 1.82) is 0 Å². The number of aliphatic imine (C=N–C) groups is 1. The molecule has 190 valence electrons. The van der Waals surface area contributed by atoms with E-state index < -0.39 is 0 Å². The van der Waals surface area contributed by atoms with Crippen molar-refractivity contribution in [3.05, 3.63) is 72.0 Å². The third kappa shape index (κ3) is 11.3. The van der Waals surface area contributed by atoms with Crippen LogP contribution in [0.2, 0.25) is 0 Å². The lowest BCUT2D eigenvalue weighted by atomic mass is 9.94. The second kappa shape index (κ2) is 17.3. The molecular weight excluding hydrogens is 440 g/mol. The fourth-order valence-electron chi connectivity index (χ4n) is 4.05. The van der Waals surface area contributed by atoms with Gasteiger partial charge in [0.2, 0.25) is 0 Å². The summed E-state index contributed by atoms with van der Waals surface area (Å²) in [7, 11) is 1.90. The highest BCUT2D eigenvalue weighted by Crippen LogP contribution is 2.35. The number of hydrogen-bond donors (Lipinski definition) is 2. The second-order valence-electron chi connectivity index (χ2n) is 8.98. The maximum Gasteiger partial charge on any atom is 0.116 e. The topological polar surface area (TPSA) is 53.6 Å². The van der Waals surface area contributed by atoms with Crippen molar-refractivity contribution in [3.63, 3.8) is 0 Å². The molecule has 0 unspecified atom stereocenters. The lowest BCUT2D eigenvalue weighted by Crippen LogP contribution is -2.28. The van der Waals surface area contributed by atoms with Gasteiger partial charge in [-0.3, -0.25) is 0 Å². The molecule has 0 radical (unpaired) electrons. The minimum atomic E-state index is 0.233. The van der Waals surface area contributed by atoms with Gasteiger partial charge in [0.25, 0.3) is 0 Å². The summed E-state index contributed by atoms with van der Waals surface area (Å²) in [5.74, 6) is 0.986. The molecule has 5 heteroatoms. The van der Waals surface area contributed by atoms with Gasteiger partial charge < -0.3 is 16.0 Å². The zero-order valence-electron chi connectivity index (χ0n) is 22.0. The summed E-state index contributed by atoms with van der Waals surface area (Å²) in [5.41, 5.74) is 8.20. The first-order chi connectivity index (χ1) is 16.4. The first-order valence-corrected chi connectivity index (χ1v) is 13.2. The van der Waals surface area contributed by atoms with Crippen molar-refractivity contribution >= 4 is 17.3 Å².